The number of aliphatic carboxylic acids is 2. The first-order chi connectivity index (χ1) is 11.8. The van der Waals surface area contributed by atoms with Crippen LogP contribution in [0, 0.1) is 0 Å². The molecule has 0 spiro atoms. The van der Waals surface area contributed by atoms with E-state index in [-0.39, 0.29) is 10.6 Å². The smallest absolute Gasteiger partial charge is 0.335 e. The van der Waals surface area contributed by atoms with Crippen LogP contribution in [0.4, 0.5) is 4.48 Å². The molecule has 0 atom stereocenters. The minimum atomic E-state index is -1.61. The Kier molecular flexibility index (Phi) is 10.2. The summed E-state index contributed by atoms with van der Waals surface area (Å²) in [6, 6.07) is 14.3. The lowest BCUT2D eigenvalue weighted by atomic mass is 10.00. The number of carbonyl (C=O) groups is 3. The van der Waals surface area contributed by atoms with Crippen LogP contribution in [-0.2, 0) is 9.59 Å². The lowest BCUT2D eigenvalue weighted by Crippen LogP contribution is -2.21. The molecule has 0 bridgehead atoms. The molecule has 0 aliphatic rings. The van der Waals surface area contributed by atoms with Gasteiger partial charge in [-0.15, -0.1) is 4.48 Å². The number of carboxylic acid groups (broad SMARTS) is 3. The SMILES string of the molecule is NF.O=C(O)C(C(=O)O)c1ccccc1Cl.O=C(O)c1ccccc1. The van der Waals surface area contributed by atoms with Crippen molar-refractivity contribution in [3.63, 3.8) is 0 Å². The van der Waals surface area contributed by atoms with Crippen molar-refractivity contribution in [2.45, 2.75) is 5.92 Å². The third-order valence-electron chi connectivity index (χ3n) is 2.73. The van der Waals surface area contributed by atoms with E-state index < -0.39 is 23.8 Å². The Labute approximate surface area is 147 Å². The van der Waals surface area contributed by atoms with Gasteiger partial charge in [0.25, 0.3) is 0 Å². The van der Waals surface area contributed by atoms with Crippen LogP contribution in [0.3, 0.4) is 0 Å². The molecule has 25 heavy (non-hydrogen) atoms. The molecule has 5 N–H and O–H groups in total. The normalized spacial score (nSPS) is 9.12. The zero-order chi connectivity index (χ0) is 19.4. The maximum atomic E-state index is 10.7. The van der Waals surface area contributed by atoms with Crippen molar-refractivity contribution in [2.75, 3.05) is 0 Å². The lowest BCUT2D eigenvalue weighted by Gasteiger charge is -2.08. The van der Waals surface area contributed by atoms with E-state index in [1.54, 1.807) is 42.5 Å². The van der Waals surface area contributed by atoms with Crippen LogP contribution in [0.5, 0.6) is 0 Å². The second kappa shape index (κ2) is 11.5. The molecule has 0 amide bonds. The monoisotopic (exact) mass is 371 g/mol. The van der Waals surface area contributed by atoms with Gasteiger partial charge in [-0.2, -0.15) is 5.96 Å². The largest absolute Gasteiger partial charge is 0.480 e. The summed E-state index contributed by atoms with van der Waals surface area (Å²) in [6.07, 6.45) is 0. The predicted octanol–water partition coefficient (Wildman–Crippen LogP) is 2.81. The van der Waals surface area contributed by atoms with E-state index in [1.807, 2.05) is 0 Å². The summed E-state index contributed by atoms with van der Waals surface area (Å²) < 4.78 is 9.00. The molecule has 0 aromatic heterocycles. The number of aromatic carboxylic acids is 1. The van der Waals surface area contributed by atoms with Crippen molar-refractivity contribution >= 4 is 29.5 Å². The zero-order valence-electron chi connectivity index (χ0n) is 12.7. The van der Waals surface area contributed by atoms with E-state index in [0.29, 0.717) is 5.56 Å². The minimum absolute atomic E-state index is 0.0918. The second-order valence-electron chi connectivity index (χ2n) is 4.30. The number of hydrogen-bond acceptors (Lipinski definition) is 4. The Bertz CT molecular complexity index is 697. The standard InChI is InChI=1S/C9H7ClO4.C7H6O2.FH2N/c10-6-4-2-1-3-5(6)7(8(11)12)9(13)14;8-7(9)6-4-2-1-3-5-6;1-2/h1-4,7H,(H,11,12)(H,13,14);1-5H,(H,8,9);2H2. The average molecular weight is 372 g/mol. The number of halogens is 2. The number of rotatable bonds is 4. The van der Waals surface area contributed by atoms with E-state index in [1.165, 1.54) is 12.1 Å². The number of hydrogen-bond donors (Lipinski definition) is 4. The maximum absolute atomic E-state index is 10.7. The summed E-state index contributed by atoms with van der Waals surface area (Å²) in [4.78, 5) is 31.5. The van der Waals surface area contributed by atoms with Crippen LogP contribution in [0.15, 0.2) is 54.6 Å². The highest BCUT2D eigenvalue weighted by molar-refractivity contribution is 6.32. The van der Waals surface area contributed by atoms with E-state index in [4.69, 9.17) is 31.4 Å². The molecule has 0 saturated carbocycles. The van der Waals surface area contributed by atoms with Crippen LogP contribution in [0.2, 0.25) is 5.02 Å². The summed E-state index contributed by atoms with van der Waals surface area (Å²) in [7, 11) is 0. The summed E-state index contributed by atoms with van der Waals surface area (Å²) in [5.41, 5.74) is 0.423. The number of carboxylic acids is 3. The lowest BCUT2D eigenvalue weighted by molar-refractivity contribution is -0.150. The Hall–Kier alpha value is -2.97. The first-order valence-electron chi connectivity index (χ1n) is 6.54. The molecule has 134 valence electrons. The average Bonchev–Trinajstić information content (AvgIpc) is 2.59. The Morgan fingerprint density at radius 1 is 0.840 bits per heavy atom. The fourth-order valence-electron chi connectivity index (χ4n) is 1.66. The third kappa shape index (κ3) is 7.42. The molecule has 7 nitrogen and oxygen atoms in total. The maximum Gasteiger partial charge on any atom is 0.335 e. The molecule has 2 aromatic carbocycles. The van der Waals surface area contributed by atoms with Crippen LogP contribution >= 0.6 is 11.6 Å². The van der Waals surface area contributed by atoms with Crippen molar-refractivity contribution < 1.29 is 34.2 Å². The molecule has 0 heterocycles. The van der Waals surface area contributed by atoms with Gasteiger partial charge in [0.2, 0.25) is 0 Å². The van der Waals surface area contributed by atoms with Crippen LogP contribution in [-0.4, -0.2) is 33.2 Å². The summed E-state index contributed by atoms with van der Waals surface area (Å²) >= 11 is 5.68. The van der Waals surface area contributed by atoms with Gasteiger partial charge in [0.1, 0.15) is 0 Å². The number of benzene rings is 2. The highest BCUT2D eigenvalue weighted by Gasteiger charge is 2.29. The van der Waals surface area contributed by atoms with E-state index in [9.17, 15) is 14.4 Å². The first kappa shape index (κ1) is 22.0. The van der Waals surface area contributed by atoms with Gasteiger partial charge >= 0.3 is 17.9 Å². The number of nitrogens with two attached hydrogens (primary N) is 1. The molecular weight excluding hydrogens is 357 g/mol. The van der Waals surface area contributed by atoms with Crippen molar-refractivity contribution in [3.8, 4) is 0 Å². The molecule has 2 aromatic rings. The third-order valence-corrected chi connectivity index (χ3v) is 3.08. The quantitative estimate of drug-likeness (QED) is 0.478. The molecule has 9 heteroatoms. The highest BCUT2D eigenvalue weighted by atomic mass is 35.5. The molecule has 0 fully saturated rings. The van der Waals surface area contributed by atoms with Crippen LogP contribution in [0.25, 0.3) is 0 Å². The summed E-state index contributed by atoms with van der Waals surface area (Å²) in [5.74, 6) is -2.34. The van der Waals surface area contributed by atoms with E-state index >= 15 is 0 Å². The van der Waals surface area contributed by atoms with Crippen molar-refractivity contribution in [1.82, 2.24) is 0 Å². The van der Waals surface area contributed by atoms with Gasteiger partial charge in [0, 0.05) is 5.02 Å². The fraction of sp³-hybridized carbons (Fsp3) is 0.0625. The van der Waals surface area contributed by atoms with Gasteiger partial charge in [-0.25, -0.2) is 4.79 Å². The molecule has 2 rings (SSSR count). The molecule has 0 aliphatic carbocycles. The van der Waals surface area contributed by atoms with Crippen molar-refractivity contribution in [2.24, 2.45) is 5.96 Å². The zero-order valence-corrected chi connectivity index (χ0v) is 13.4. The van der Waals surface area contributed by atoms with Gasteiger partial charge < -0.3 is 15.3 Å². The van der Waals surface area contributed by atoms with E-state index in [0.717, 1.165) is 0 Å². The van der Waals surface area contributed by atoms with Gasteiger partial charge in [0.15, 0.2) is 5.92 Å². The second-order valence-corrected chi connectivity index (χ2v) is 4.71. The molecule has 0 radical (unpaired) electrons. The molecule has 0 unspecified atom stereocenters. The topological polar surface area (TPSA) is 138 Å². The van der Waals surface area contributed by atoms with Gasteiger partial charge in [-0.3, -0.25) is 9.59 Å². The molecule has 0 saturated heterocycles. The molecular formula is C16H15ClFNO6. The Balaban J connectivity index is 0.000000451. The highest BCUT2D eigenvalue weighted by Crippen LogP contribution is 2.24. The van der Waals surface area contributed by atoms with E-state index in [2.05, 4.69) is 5.96 Å². The minimum Gasteiger partial charge on any atom is -0.480 e. The summed E-state index contributed by atoms with van der Waals surface area (Å²) in [5, 5.41) is 25.9. The summed E-state index contributed by atoms with van der Waals surface area (Å²) in [6.45, 7) is 0. The van der Waals surface area contributed by atoms with Gasteiger partial charge in [-0.05, 0) is 23.8 Å². The Morgan fingerprint density at radius 2 is 1.28 bits per heavy atom. The predicted molar refractivity (Wildman–Crippen MR) is 88.2 cm³/mol. The van der Waals surface area contributed by atoms with Crippen molar-refractivity contribution in [1.29, 1.82) is 0 Å². The fourth-order valence-corrected chi connectivity index (χ4v) is 1.91. The van der Waals surface area contributed by atoms with Gasteiger partial charge in [-0.1, -0.05) is 48.0 Å². The van der Waals surface area contributed by atoms with Crippen LogP contribution in [0.1, 0.15) is 21.8 Å². The Morgan fingerprint density at radius 3 is 1.64 bits per heavy atom. The first-order valence-corrected chi connectivity index (χ1v) is 6.92. The van der Waals surface area contributed by atoms with Crippen molar-refractivity contribution in [3.05, 3.63) is 70.7 Å². The molecule has 0 aliphatic heterocycles. The van der Waals surface area contributed by atoms with Crippen LogP contribution < -0.4 is 5.96 Å². The van der Waals surface area contributed by atoms with Gasteiger partial charge in [0.05, 0.1) is 5.56 Å².